The topological polar surface area (TPSA) is 105 Å². The molecular weight excluding hydrogens is 242 g/mol. The highest BCUT2D eigenvalue weighted by Crippen LogP contribution is 2.18. The first-order chi connectivity index (χ1) is 7.90. The molecule has 0 bridgehead atoms. The standard InChI is InChI=1S/C10H15N3O3S/c1-5(2)3-6(9(15)16)12-10-13-7(4-17-10)8(11)14/h4-6H,3H2,1-2H3,(H2,11,14)(H,12,13)(H,15,16)/t6-/m0/s1. The van der Waals surface area contributed by atoms with Crippen molar-refractivity contribution in [1.29, 1.82) is 0 Å². The highest BCUT2D eigenvalue weighted by atomic mass is 32.1. The van der Waals surface area contributed by atoms with Crippen molar-refractivity contribution >= 4 is 28.3 Å². The van der Waals surface area contributed by atoms with Crippen LogP contribution in [0.5, 0.6) is 0 Å². The van der Waals surface area contributed by atoms with Crippen molar-refractivity contribution in [1.82, 2.24) is 4.98 Å². The van der Waals surface area contributed by atoms with Gasteiger partial charge in [0.25, 0.3) is 5.91 Å². The van der Waals surface area contributed by atoms with E-state index >= 15 is 0 Å². The Morgan fingerprint density at radius 1 is 1.59 bits per heavy atom. The molecule has 4 N–H and O–H groups in total. The Bertz CT molecular complexity index is 417. The lowest BCUT2D eigenvalue weighted by atomic mass is 10.0. The summed E-state index contributed by atoms with van der Waals surface area (Å²) >= 11 is 1.16. The highest BCUT2D eigenvalue weighted by molar-refractivity contribution is 7.13. The summed E-state index contributed by atoms with van der Waals surface area (Å²) in [6, 6.07) is -0.707. The first-order valence-corrected chi connectivity index (χ1v) is 6.02. The second-order valence-electron chi connectivity index (χ2n) is 4.07. The molecule has 6 nitrogen and oxygen atoms in total. The van der Waals surface area contributed by atoms with Crippen LogP contribution >= 0.6 is 11.3 Å². The Balaban J connectivity index is 2.72. The molecule has 0 fully saturated rings. The zero-order valence-electron chi connectivity index (χ0n) is 9.64. The summed E-state index contributed by atoms with van der Waals surface area (Å²) in [4.78, 5) is 25.7. The zero-order chi connectivity index (χ0) is 13.0. The molecule has 94 valence electrons. The fourth-order valence-corrected chi connectivity index (χ4v) is 2.05. The number of rotatable bonds is 6. The van der Waals surface area contributed by atoms with Crippen molar-refractivity contribution in [3.63, 3.8) is 0 Å². The molecule has 1 heterocycles. The van der Waals surface area contributed by atoms with Gasteiger partial charge in [-0.2, -0.15) is 0 Å². The summed E-state index contributed by atoms with van der Waals surface area (Å²) in [7, 11) is 0. The molecule has 0 spiro atoms. The SMILES string of the molecule is CC(C)C[C@H](Nc1nc(C(N)=O)cs1)C(=O)O. The smallest absolute Gasteiger partial charge is 0.326 e. The van der Waals surface area contributed by atoms with Crippen LogP contribution < -0.4 is 11.1 Å². The van der Waals surface area contributed by atoms with Crippen molar-refractivity contribution in [2.75, 3.05) is 5.32 Å². The lowest BCUT2D eigenvalue weighted by Gasteiger charge is -2.15. The molecule has 0 saturated heterocycles. The Morgan fingerprint density at radius 3 is 2.65 bits per heavy atom. The van der Waals surface area contributed by atoms with E-state index in [-0.39, 0.29) is 11.6 Å². The van der Waals surface area contributed by atoms with E-state index in [1.807, 2.05) is 13.8 Å². The number of hydrogen-bond donors (Lipinski definition) is 3. The van der Waals surface area contributed by atoms with Gasteiger partial charge in [0.05, 0.1) is 0 Å². The van der Waals surface area contributed by atoms with E-state index in [1.54, 1.807) is 0 Å². The van der Waals surface area contributed by atoms with Crippen molar-refractivity contribution in [2.45, 2.75) is 26.3 Å². The third-order valence-corrected chi connectivity index (χ3v) is 2.83. The van der Waals surface area contributed by atoms with Crippen LogP contribution in [0.2, 0.25) is 0 Å². The van der Waals surface area contributed by atoms with Gasteiger partial charge in [0.1, 0.15) is 11.7 Å². The maximum atomic E-state index is 11.0. The summed E-state index contributed by atoms with van der Waals surface area (Å²) in [5.74, 6) is -1.31. The molecule has 1 atom stereocenters. The van der Waals surface area contributed by atoms with E-state index in [2.05, 4.69) is 10.3 Å². The molecule has 0 aliphatic carbocycles. The Morgan fingerprint density at radius 2 is 2.24 bits per heavy atom. The van der Waals surface area contributed by atoms with Crippen LogP contribution in [-0.2, 0) is 4.79 Å². The van der Waals surface area contributed by atoms with E-state index in [1.165, 1.54) is 5.38 Å². The molecule has 1 aromatic rings. The lowest BCUT2D eigenvalue weighted by Crippen LogP contribution is -2.30. The molecular formula is C10H15N3O3S. The van der Waals surface area contributed by atoms with Gasteiger partial charge < -0.3 is 16.2 Å². The molecule has 17 heavy (non-hydrogen) atoms. The second-order valence-corrected chi connectivity index (χ2v) is 4.92. The number of hydrogen-bond acceptors (Lipinski definition) is 5. The number of nitrogens with two attached hydrogens (primary N) is 1. The van der Waals surface area contributed by atoms with E-state index < -0.39 is 17.9 Å². The molecule has 1 amide bonds. The highest BCUT2D eigenvalue weighted by Gasteiger charge is 2.20. The first kappa shape index (κ1) is 13.4. The maximum absolute atomic E-state index is 11.0. The Labute approximate surface area is 103 Å². The molecule has 7 heteroatoms. The van der Waals surface area contributed by atoms with Gasteiger partial charge in [0, 0.05) is 5.38 Å². The zero-order valence-corrected chi connectivity index (χ0v) is 10.5. The van der Waals surface area contributed by atoms with E-state index in [0.29, 0.717) is 11.6 Å². The van der Waals surface area contributed by atoms with E-state index in [4.69, 9.17) is 10.8 Å². The van der Waals surface area contributed by atoms with Gasteiger partial charge in [-0.05, 0) is 12.3 Å². The van der Waals surface area contributed by atoms with Gasteiger partial charge in [-0.15, -0.1) is 11.3 Å². The number of carboxylic acid groups (broad SMARTS) is 1. The maximum Gasteiger partial charge on any atom is 0.326 e. The minimum Gasteiger partial charge on any atom is -0.480 e. The average Bonchev–Trinajstić information content (AvgIpc) is 2.64. The molecule has 0 aromatic carbocycles. The normalized spacial score (nSPS) is 12.4. The molecule has 1 aromatic heterocycles. The van der Waals surface area contributed by atoms with Crippen LogP contribution in [0.25, 0.3) is 0 Å². The van der Waals surface area contributed by atoms with Gasteiger partial charge in [0.2, 0.25) is 0 Å². The molecule has 0 aliphatic heterocycles. The third-order valence-electron chi connectivity index (χ3n) is 2.06. The number of primary amides is 1. The first-order valence-electron chi connectivity index (χ1n) is 5.14. The second kappa shape index (κ2) is 5.62. The van der Waals surface area contributed by atoms with Gasteiger partial charge in [0.15, 0.2) is 5.13 Å². The monoisotopic (exact) mass is 257 g/mol. The number of aromatic nitrogens is 1. The van der Waals surface area contributed by atoms with Crippen LogP contribution in [0, 0.1) is 5.92 Å². The number of carboxylic acids is 1. The van der Waals surface area contributed by atoms with Crippen LogP contribution in [0.1, 0.15) is 30.8 Å². The fourth-order valence-electron chi connectivity index (χ4n) is 1.30. The van der Waals surface area contributed by atoms with Gasteiger partial charge in [-0.1, -0.05) is 13.8 Å². The third kappa shape index (κ3) is 4.03. The molecule has 0 aliphatic rings. The number of aliphatic carboxylic acids is 1. The summed E-state index contributed by atoms with van der Waals surface area (Å²) in [5.41, 5.74) is 5.20. The lowest BCUT2D eigenvalue weighted by molar-refractivity contribution is -0.138. The van der Waals surface area contributed by atoms with Gasteiger partial charge in [-0.25, -0.2) is 9.78 Å². The summed E-state index contributed by atoms with van der Waals surface area (Å²) < 4.78 is 0. The summed E-state index contributed by atoms with van der Waals surface area (Å²) in [6.45, 7) is 3.88. The predicted molar refractivity (Wildman–Crippen MR) is 65.1 cm³/mol. The Kier molecular flexibility index (Phi) is 4.45. The molecule has 1 rings (SSSR count). The van der Waals surface area contributed by atoms with Crippen LogP contribution in [0.4, 0.5) is 5.13 Å². The number of anilines is 1. The average molecular weight is 257 g/mol. The largest absolute Gasteiger partial charge is 0.480 e. The fraction of sp³-hybridized carbons (Fsp3) is 0.500. The Hall–Kier alpha value is -1.63. The number of amides is 1. The summed E-state index contributed by atoms with van der Waals surface area (Å²) in [6.07, 6.45) is 0.487. The number of carbonyl (C=O) groups excluding carboxylic acids is 1. The quantitative estimate of drug-likeness (QED) is 0.709. The molecule has 0 unspecified atom stereocenters. The summed E-state index contributed by atoms with van der Waals surface area (Å²) in [5, 5.41) is 13.7. The molecule has 0 radical (unpaired) electrons. The van der Waals surface area contributed by atoms with E-state index in [0.717, 1.165) is 11.3 Å². The minimum atomic E-state index is -0.936. The van der Waals surface area contributed by atoms with E-state index in [9.17, 15) is 9.59 Å². The van der Waals surface area contributed by atoms with Crippen molar-refractivity contribution < 1.29 is 14.7 Å². The number of nitrogens with zero attached hydrogens (tertiary/aromatic N) is 1. The van der Waals surface area contributed by atoms with Crippen LogP contribution in [-0.4, -0.2) is 28.0 Å². The molecule has 0 saturated carbocycles. The number of carbonyl (C=O) groups is 2. The number of nitrogens with one attached hydrogen (secondary N) is 1. The predicted octanol–water partition coefficient (Wildman–Crippen LogP) is 1.15. The number of thiazole rings is 1. The van der Waals surface area contributed by atoms with Crippen molar-refractivity contribution in [3.05, 3.63) is 11.1 Å². The minimum absolute atomic E-state index is 0.145. The van der Waals surface area contributed by atoms with Gasteiger partial charge >= 0.3 is 5.97 Å². The van der Waals surface area contributed by atoms with Crippen molar-refractivity contribution in [3.8, 4) is 0 Å². The van der Waals surface area contributed by atoms with Crippen LogP contribution in [0.15, 0.2) is 5.38 Å². The van der Waals surface area contributed by atoms with Crippen LogP contribution in [0.3, 0.4) is 0 Å². The van der Waals surface area contributed by atoms with Gasteiger partial charge in [-0.3, -0.25) is 4.79 Å². The van der Waals surface area contributed by atoms with Crippen molar-refractivity contribution in [2.24, 2.45) is 11.7 Å².